The maximum Gasteiger partial charge on any atom is 0.313 e. The number of ether oxygens (including phenoxy) is 2. The Balaban J connectivity index is 1.50. The summed E-state index contributed by atoms with van der Waals surface area (Å²) in [7, 11) is 0. The summed E-state index contributed by atoms with van der Waals surface area (Å²) in [6.45, 7) is 5.55. The van der Waals surface area contributed by atoms with Crippen LogP contribution in [-0.2, 0) is 28.7 Å². The quantitative estimate of drug-likeness (QED) is 0.364. The first kappa shape index (κ1) is 33.1. The number of cyclic esters (lactones) is 1. The molecule has 248 valence electrons. The van der Waals surface area contributed by atoms with Crippen molar-refractivity contribution in [1.82, 2.24) is 15.1 Å². The molecule has 7 atom stereocenters. The molecule has 2 aromatic rings. The van der Waals surface area contributed by atoms with E-state index in [1.165, 1.54) is 4.90 Å². The van der Waals surface area contributed by atoms with E-state index in [-0.39, 0.29) is 31.3 Å². The number of aliphatic hydroxyl groups is 1. The average Bonchev–Trinajstić information content (AvgIpc) is 3.64. The molecule has 2 aromatic carbocycles. The molecule has 11 heteroatoms. The van der Waals surface area contributed by atoms with Crippen LogP contribution in [0.4, 0.5) is 0 Å². The van der Waals surface area contributed by atoms with Crippen molar-refractivity contribution in [2.24, 2.45) is 11.8 Å². The third-order valence-electron chi connectivity index (χ3n) is 9.55. The number of fused-ring (bicyclic) bond motifs is 2. The van der Waals surface area contributed by atoms with Gasteiger partial charge >= 0.3 is 5.97 Å². The minimum atomic E-state index is -1.50. The third kappa shape index (κ3) is 5.93. The van der Waals surface area contributed by atoms with Gasteiger partial charge in [-0.25, -0.2) is 0 Å². The number of hydrogen-bond acceptors (Lipinski definition) is 7. The zero-order chi connectivity index (χ0) is 33.5. The van der Waals surface area contributed by atoms with Crippen LogP contribution in [0.2, 0.25) is 0 Å². The fourth-order valence-electron chi connectivity index (χ4n) is 7.33. The van der Waals surface area contributed by atoms with Gasteiger partial charge in [0.2, 0.25) is 17.7 Å². The Hall–Kier alpha value is -3.80. The van der Waals surface area contributed by atoms with Crippen molar-refractivity contribution >= 4 is 39.6 Å². The first-order chi connectivity index (χ1) is 22.5. The van der Waals surface area contributed by atoms with Gasteiger partial charge in [0.25, 0.3) is 0 Å². The summed E-state index contributed by atoms with van der Waals surface area (Å²) in [4.78, 5) is 59.9. The van der Waals surface area contributed by atoms with Gasteiger partial charge in [0, 0.05) is 23.0 Å². The number of benzene rings is 2. The zero-order valence-electron chi connectivity index (χ0n) is 26.7. The van der Waals surface area contributed by atoms with Gasteiger partial charge in [-0.1, -0.05) is 88.7 Å². The highest BCUT2D eigenvalue weighted by Gasteiger charge is 2.75. The predicted octanol–water partition coefficient (Wildman–Crippen LogP) is 3.97. The topological polar surface area (TPSA) is 125 Å². The number of amides is 3. The minimum absolute atomic E-state index is 0.0446. The van der Waals surface area contributed by atoms with Crippen LogP contribution in [0, 0.1) is 11.8 Å². The lowest BCUT2D eigenvalue weighted by molar-refractivity contribution is -0.161. The molecule has 4 aliphatic rings. The Morgan fingerprint density at radius 3 is 2.34 bits per heavy atom. The number of halogens is 1. The van der Waals surface area contributed by atoms with Crippen molar-refractivity contribution in [2.75, 3.05) is 19.7 Å². The van der Waals surface area contributed by atoms with E-state index >= 15 is 0 Å². The molecule has 2 N–H and O–H groups in total. The first-order valence-electron chi connectivity index (χ1n) is 16.0. The summed E-state index contributed by atoms with van der Waals surface area (Å²) in [5.74, 6) is -3.89. The fourth-order valence-corrected chi connectivity index (χ4v) is 8.07. The van der Waals surface area contributed by atoms with Crippen LogP contribution in [0.5, 0.6) is 0 Å². The van der Waals surface area contributed by atoms with Gasteiger partial charge in [-0.2, -0.15) is 0 Å². The van der Waals surface area contributed by atoms with Crippen LogP contribution in [0.3, 0.4) is 0 Å². The number of carbonyl (C=O) groups excluding carboxylic acids is 4. The smallest absolute Gasteiger partial charge is 0.313 e. The van der Waals surface area contributed by atoms with Crippen molar-refractivity contribution in [1.29, 1.82) is 0 Å². The molecule has 5 bridgehead atoms. The molecule has 2 fully saturated rings. The number of allylic oxidation sites excluding steroid dienone is 1. The van der Waals surface area contributed by atoms with Crippen molar-refractivity contribution < 1.29 is 33.8 Å². The number of nitrogens with one attached hydrogen (secondary N) is 1. The zero-order valence-corrected chi connectivity index (χ0v) is 28.3. The number of esters is 1. The normalized spacial score (nSPS) is 31.3. The molecule has 2 saturated heterocycles. The molecule has 0 aliphatic carbocycles. The number of rotatable bonds is 4. The molecule has 4 heterocycles. The largest absolute Gasteiger partial charge is 0.455 e. The fraction of sp³-hybridized carbons (Fsp3) is 0.444. The molecular formula is C36H40BrN3O7. The standard InChI is InChI=1S/C36H40BrN3O7/c1-35(2,3)39-18-12-6-11-17-27(42)38-20-26(23-15-9-5-10-16-23)46-34(45)28-29-32(43)40(25(21-41)22-13-7-4-8-14-22)31(33(39)44)36(29)19-24(37)30(28)47-36/h4-10,12-16,19,25-26,28-31,41H,11,17-18,20-21H2,1-3H3,(H,38,42)/b12-6-/t25-,26+,28+,29-,30+,31+,36-/m1/s1. The van der Waals surface area contributed by atoms with Gasteiger partial charge in [0.15, 0.2) is 0 Å². The average molecular weight is 707 g/mol. The van der Waals surface area contributed by atoms with Gasteiger partial charge < -0.3 is 29.7 Å². The SMILES string of the molecule is CC(C)(C)N1C/C=C\CCC(=O)NC[C@@H](c2ccccc2)OC(=O)[C@@H]2[C@H]3O[C@@]4(C=C3Br)[C@H](C1=O)N([C@H](CO)c1ccccc1)C(=O)[C@@H]24. The van der Waals surface area contributed by atoms with Crippen LogP contribution >= 0.6 is 15.9 Å². The molecule has 4 aliphatic heterocycles. The van der Waals surface area contributed by atoms with Gasteiger partial charge in [0.05, 0.1) is 25.1 Å². The maximum absolute atomic E-state index is 15.0. The lowest BCUT2D eigenvalue weighted by Gasteiger charge is -2.43. The van der Waals surface area contributed by atoms with E-state index in [4.69, 9.17) is 9.47 Å². The lowest BCUT2D eigenvalue weighted by Crippen LogP contribution is -2.60. The number of hydrogen-bond donors (Lipinski definition) is 2. The van der Waals surface area contributed by atoms with Crippen LogP contribution in [0.1, 0.15) is 56.9 Å². The molecule has 0 aromatic heterocycles. The second-order valence-electron chi connectivity index (χ2n) is 13.5. The Kier molecular flexibility index (Phi) is 9.17. The predicted molar refractivity (Wildman–Crippen MR) is 177 cm³/mol. The van der Waals surface area contributed by atoms with E-state index in [2.05, 4.69) is 21.2 Å². The van der Waals surface area contributed by atoms with Crippen LogP contribution in [0.15, 0.2) is 83.4 Å². The number of nitrogens with zero attached hydrogens (tertiary/aromatic N) is 2. The molecule has 6 rings (SSSR count). The third-order valence-corrected chi connectivity index (χ3v) is 10.2. The van der Waals surface area contributed by atoms with E-state index in [1.807, 2.05) is 81.5 Å². The van der Waals surface area contributed by atoms with E-state index in [9.17, 15) is 24.3 Å². The highest BCUT2D eigenvalue weighted by Crippen LogP contribution is 2.60. The van der Waals surface area contributed by atoms with Crippen LogP contribution < -0.4 is 5.32 Å². The molecule has 0 saturated carbocycles. The number of aliphatic hydroxyl groups excluding tert-OH is 1. The second-order valence-corrected chi connectivity index (χ2v) is 14.4. The maximum atomic E-state index is 15.0. The minimum Gasteiger partial charge on any atom is -0.455 e. The summed E-state index contributed by atoms with van der Waals surface area (Å²) in [5.41, 5.74) is -0.837. The highest BCUT2D eigenvalue weighted by atomic mass is 79.9. The molecular weight excluding hydrogens is 666 g/mol. The monoisotopic (exact) mass is 705 g/mol. The molecule has 47 heavy (non-hydrogen) atoms. The summed E-state index contributed by atoms with van der Waals surface area (Å²) < 4.78 is 13.3. The Morgan fingerprint density at radius 1 is 1.00 bits per heavy atom. The highest BCUT2D eigenvalue weighted by molar-refractivity contribution is 9.11. The molecule has 0 radical (unpaired) electrons. The van der Waals surface area contributed by atoms with Crippen molar-refractivity contribution in [3.05, 3.63) is 94.5 Å². The Bertz CT molecular complexity index is 1590. The van der Waals surface area contributed by atoms with E-state index < -0.39 is 65.8 Å². The summed E-state index contributed by atoms with van der Waals surface area (Å²) in [6, 6.07) is 16.1. The van der Waals surface area contributed by atoms with Gasteiger partial charge in [-0.15, -0.1) is 0 Å². The molecule has 3 amide bonds. The van der Waals surface area contributed by atoms with Crippen molar-refractivity contribution in [3.8, 4) is 0 Å². The molecule has 10 nitrogen and oxygen atoms in total. The van der Waals surface area contributed by atoms with E-state index in [0.29, 0.717) is 22.0 Å². The molecule has 1 spiro atoms. The van der Waals surface area contributed by atoms with Gasteiger partial charge in [-0.05, 0) is 44.4 Å². The Morgan fingerprint density at radius 2 is 1.68 bits per heavy atom. The van der Waals surface area contributed by atoms with Gasteiger partial charge in [0.1, 0.15) is 29.8 Å². The first-order valence-corrected chi connectivity index (χ1v) is 16.8. The number of carbonyl (C=O) groups is 4. The summed E-state index contributed by atoms with van der Waals surface area (Å²) in [6.07, 6.45) is 4.45. The van der Waals surface area contributed by atoms with E-state index in [1.54, 1.807) is 23.1 Å². The van der Waals surface area contributed by atoms with Crippen LogP contribution in [0.25, 0.3) is 0 Å². The van der Waals surface area contributed by atoms with Crippen LogP contribution in [-0.4, -0.2) is 81.6 Å². The van der Waals surface area contributed by atoms with E-state index in [0.717, 1.165) is 0 Å². The van der Waals surface area contributed by atoms with Gasteiger partial charge in [-0.3, -0.25) is 19.2 Å². The lowest BCUT2D eigenvalue weighted by atomic mass is 9.74. The summed E-state index contributed by atoms with van der Waals surface area (Å²) in [5, 5.41) is 13.7. The second kappa shape index (κ2) is 13.0. The summed E-state index contributed by atoms with van der Waals surface area (Å²) >= 11 is 3.59. The Labute approximate surface area is 282 Å². The van der Waals surface area contributed by atoms with Crippen molar-refractivity contribution in [2.45, 2.75) is 69.0 Å². The van der Waals surface area contributed by atoms with Crippen molar-refractivity contribution in [3.63, 3.8) is 0 Å². The number of likely N-dealkylation sites (tertiary alicyclic amines) is 1. The molecule has 0 unspecified atom stereocenters.